The highest BCUT2D eigenvalue weighted by molar-refractivity contribution is 8.01. The molecule has 2 aliphatic rings. The Bertz CT molecular complexity index is 713. The largest absolute Gasteiger partial charge is 0.495 e. The number of amides is 2. The first-order chi connectivity index (χ1) is 11.7. The molecule has 136 valence electrons. The van der Waals surface area contributed by atoms with Crippen LogP contribution >= 0.6 is 11.8 Å². The molecule has 2 heterocycles. The number of thioether (sulfide) groups is 1. The van der Waals surface area contributed by atoms with Gasteiger partial charge in [-0.1, -0.05) is 26.8 Å². The van der Waals surface area contributed by atoms with Gasteiger partial charge in [-0.15, -0.1) is 11.8 Å². The number of ether oxygens (including phenoxy) is 1. The predicted molar refractivity (Wildman–Crippen MR) is 101 cm³/mol. The van der Waals surface area contributed by atoms with Crippen molar-refractivity contribution in [3.63, 3.8) is 0 Å². The molecule has 1 aromatic rings. The van der Waals surface area contributed by atoms with Gasteiger partial charge in [0.25, 0.3) is 0 Å². The van der Waals surface area contributed by atoms with Crippen LogP contribution in [0.15, 0.2) is 18.2 Å². The van der Waals surface area contributed by atoms with Crippen molar-refractivity contribution in [2.45, 2.75) is 56.9 Å². The molecule has 0 aromatic heterocycles. The molecule has 0 saturated carbocycles. The number of carbonyl (C=O) groups is 2. The second kappa shape index (κ2) is 6.24. The zero-order chi connectivity index (χ0) is 18.4. The number of fused-ring (bicyclic) bond motifs is 1. The highest BCUT2D eigenvalue weighted by Crippen LogP contribution is 2.47. The lowest BCUT2D eigenvalue weighted by atomic mass is 9.87. The lowest BCUT2D eigenvalue weighted by molar-refractivity contribution is -0.135. The molecular formula is C19H26N2O3S. The summed E-state index contributed by atoms with van der Waals surface area (Å²) < 4.78 is 5.40. The number of benzene rings is 1. The topological polar surface area (TPSA) is 58.6 Å². The number of hydrogen-bond acceptors (Lipinski definition) is 4. The molecule has 2 aliphatic heterocycles. The van der Waals surface area contributed by atoms with Gasteiger partial charge in [0.15, 0.2) is 0 Å². The van der Waals surface area contributed by atoms with Gasteiger partial charge in [-0.05, 0) is 36.5 Å². The first-order valence-corrected chi connectivity index (χ1v) is 9.60. The molecule has 2 amide bonds. The third kappa shape index (κ3) is 3.24. The van der Waals surface area contributed by atoms with Crippen molar-refractivity contribution in [3.05, 3.63) is 23.8 Å². The van der Waals surface area contributed by atoms with E-state index in [1.807, 2.05) is 18.2 Å². The van der Waals surface area contributed by atoms with Gasteiger partial charge >= 0.3 is 0 Å². The van der Waals surface area contributed by atoms with Crippen LogP contribution in [0.4, 0.5) is 5.69 Å². The van der Waals surface area contributed by atoms with Crippen molar-refractivity contribution in [3.8, 4) is 5.75 Å². The number of rotatable bonds is 3. The summed E-state index contributed by atoms with van der Waals surface area (Å²) in [6.07, 6.45) is 1.33. The van der Waals surface area contributed by atoms with Gasteiger partial charge < -0.3 is 15.0 Å². The smallest absolute Gasteiger partial charge is 0.248 e. The van der Waals surface area contributed by atoms with Crippen LogP contribution in [0.5, 0.6) is 5.75 Å². The minimum atomic E-state index is -0.423. The summed E-state index contributed by atoms with van der Waals surface area (Å²) in [5, 5.41) is 3.00. The molecule has 2 atom stereocenters. The molecule has 0 aliphatic carbocycles. The molecule has 5 nitrogen and oxygen atoms in total. The van der Waals surface area contributed by atoms with E-state index in [0.29, 0.717) is 23.6 Å². The van der Waals surface area contributed by atoms with Gasteiger partial charge in [-0.2, -0.15) is 0 Å². The standard InChI is InChI=1S/C19H26N2O3S/c1-18(2,3)12-6-7-15(24-5)13(10-12)20-17(23)14-11-25-19(4)9-8-16(22)21(14)19/h6-7,10,14H,8-9,11H2,1-5H3,(H,20,23)/t14-,19+/m0/s1. The second-order valence-corrected chi connectivity index (χ2v) is 9.42. The van der Waals surface area contributed by atoms with E-state index in [0.717, 1.165) is 12.0 Å². The number of carbonyl (C=O) groups excluding carboxylic acids is 2. The van der Waals surface area contributed by atoms with Crippen LogP contribution < -0.4 is 10.1 Å². The van der Waals surface area contributed by atoms with Crippen LogP contribution in [0.3, 0.4) is 0 Å². The van der Waals surface area contributed by atoms with Crippen LogP contribution in [0.1, 0.15) is 46.1 Å². The summed E-state index contributed by atoms with van der Waals surface area (Å²) in [4.78, 5) is 26.7. The van der Waals surface area contributed by atoms with Crippen molar-refractivity contribution >= 4 is 29.3 Å². The number of anilines is 1. The lowest BCUT2D eigenvalue weighted by Gasteiger charge is -2.30. The van der Waals surface area contributed by atoms with Crippen LogP contribution in [0.25, 0.3) is 0 Å². The molecule has 25 heavy (non-hydrogen) atoms. The van der Waals surface area contributed by atoms with E-state index in [2.05, 4.69) is 33.0 Å². The summed E-state index contributed by atoms with van der Waals surface area (Å²) in [6.45, 7) is 8.43. The maximum atomic E-state index is 12.9. The van der Waals surface area contributed by atoms with Crippen LogP contribution in [0.2, 0.25) is 0 Å². The maximum absolute atomic E-state index is 12.9. The summed E-state index contributed by atoms with van der Waals surface area (Å²) in [5.74, 6) is 1.19. The molecule has 0 spiro atoms. The molecular weight excluding hydrogens is 336 g/mol. The van der Waals surface area contributed by atoms with Gasteiger partial charge in [0, 0.05) is 12.2 Å². The monoisotopic (exact) mass is 362 g/mol. The molecule has 3 rings (SSSR count). The molecule has 1 N–H and O–H groups in total. The number of nitrogens with one attached hydrogen (secondary N) is 1. The van der Waals surface area contributed by atoms with Gasteiger partial charge in [-0.25, -0.2) is 0 Å². The predicted octanol–water partition coefficient (Wildman–Crippen LogP) is 3.39. The number of nitrogens with zero attached hydrogens (tertiary/aromatic N) is 1. The highest BCUT2D eigenvalue weighted by atomic mass is 32.2. The zero-order valence-electron chi connectivity index (χ0n) is 15.5. The van der Waals surface area contributed by atoms with Gasteiger partial charge in [0.05, 0.1) is 17.7 Å². The normalized spacial score (nSPS) is 25.9. The third-order valence-corrected chi connectivity index (χ3v) is 6.58. The fraction of sp³-hybridized carbons (Fsp3) is 0.579. The average molecular weight is 362 g/mol. The average Bonchev–Trinajstić information content (AvgIpc) is 3.03. The van der Waals surface area contributed by atoms with Crippen LogP contribution in [-0.4, -0.2) is 40.5 Å². The number of hydrogen-bond donors (Lipinski definition) is 1. The minimum Gasteiger partial charge on any atom is -0.495 e. The molecule has 2 saturated heterocycles. The third-order valence-electron chi connectivity index (χ3n) is 5.07. The quantitative estimate of drug-likeness (QED) is 0.895. The van der Waals surface area contributed by atoms with E-state index in [9.17, 15) is 9.59 Å². The Morgan fingerprint density at radius 1 is 1.40 bits per heavy atom. The van der Waals surface area contributed by atoms with Crippen LogP contribution in [-0.2, 0) is 15.0 Å². The van der Waals surface area contributed by atoms with Gasteiger partial charge in [-0.3, -0.25) is 9.59 Å². The van der Waals surface area contributed by atoms with E-state index in [-0.39, 0.29) is 22.1 Å². The summed E-state index contributed by atoms with van der Waals surface area (Å²) in [6, 6.07) is 5.43. The lowest BCUT2D eigenvalue weighted by Crippen LogP contribution is -2.48. The van der Waals surface area contributed by atoms with E-state index >= 15 is 0 Å². The molecule has 1 aromatic carbocycles. The number of methoxy groups -OCH3 is 1. The Kier molecular flexibility index (Phi) is 4.52. The Labute approximate surface area is 153 Å². The van der Waals surface area contributed by atoms with Crippen molar-refractivity contribution in [2.75, 3.05) is 18.2 Å². The van der Waals surface area contributed by atoms with Gasteiger partial charge in [0.1, 0.15) is 11.8 Å². The Morgan fingerprint density at radius 2 is 2.12 bits per heavy atom. The van der Waals surface area contributed by atoms with Crippen LogP contribution in [0, 0.1) is 0 Å². The highest BCUT2D eigenvalue weighted by Gasteiger charge is 2.52. The Morgan fingerprint density at radius 3 is 2.76 bits per heavy atom. The Hall–Kier alpha value is -1.69. The van der Waals surface area contributed by atoms with Gasteiger partial charge in [0.2, 0.25) is 11.8 Å². The fourth-order valence-corrected chi connectivity index (χ4v) is 4.93. The fourth-order valence-electron chi connectivity index (χ4n) is 3.50. The minimum absolute atomic E-state index is 0.0293. The molecule has 0 radical (unpaired) electrons. The summed E-state index contributed by atoms with van der Waals surface area (Å²) >= 11 is 1.70. The van der Waals surface area contributed by atoms with Crippen molar-refractivity contribution in [1.82, 2.24) is 4.90 Å². The van der Waals surface area contributed by atoms with Crippen molar-refractivity contribution in [1.29, 1.82) is 0 Å². The van der Waals surface area contributed by atoms with Crippen molar-refractivity contribution in [2.24, 2.45) is 0 Å². The SMILES string of the molecule is COc1ccc(C(C)(C)C)cc1NC(=O)[C@@H]1CS[C@]2(C)CCC(=O)N12. The maximum Gasteiger partial charge on any atom is 0.248 e. The van der Waals surface area contributed by atoms with E-state index in [4.69, 9.17) is 4.74 Å². The molecule has 6 heteroatoms. The van der Waals surface area contributed by atoms with E-state index in [1.165, 1.54) is 0 Å². The van der Waals surface area contributed by atoms with Crippen molar-refractivity contribution < 1.29 is 14.3 Å². The first kappa shape index (κ1) is 18.1. The Balaban J connectivity index is 1.85. The summed E-state index contributed by atoms with van der Waals surface area (Å²) in [7, 11) is 1.59. The van der Waals surface area contributed by atoms with E-state index < -0.39 is 6.04 Å². The molecule has 0 unspecified atom stereocenters. The summed E-state index contributed by atoms with van der Waals surface area (Å²) in [5.41, 5.74) is 1.75. The second-order valence-electron chi connectivity index (χ2n) is 7.92. The first-order valence-electron chi connectivity index (χ1n) is 8.61. The molecule has 2 fully saturated rings. The van der Waals surface area contributed by atoms with E-state index in [1.54, 1.807) is 23.8 Å². The molecule has 0 bridgehead atoms. The zero-order valence-corrected chi connectivity index (χ0v) is 16.3.